The topological polar surface area (TPSA) is 67.4 Å². The van der Waals surface area contributed by atoms with Crippen molar-refractivity contribution >= 4 is 23.4 Å². The third kappa shape index (κ3) is 5.55. The quantitative estimate of drug-likeness (QED) is 0.696. The van der Waals surface area contributed by atoms with Crippen molar-refractivity contribution in [3.05, 3.63) is 70.2 Å². The van der Waals surface area contributed by atoms with Crippen LogP contribution in [0.4, 0.5) is 8.78 Å². The van der Waals surface area contributed by atoms with Crippen LogP contribution in [0.25, 0.3) is 0 Å². The monoisotopic (exact) mass is 436 g/mol. The van der Waals surface area contributed by atoms with E-state index in [1.165, 1.54) is 18.2 Å². The van der Waals surface area contributed by atoms with Gasteiger partial charge in [-0.3, -0.25) is 9.59 Å². The van der Waals surface area contributed by atoms with Gasteiger partial charge in [-0.15, -0.1) is 0 Å². The number of rotatable bonds is 7. The second kappa shape index (κ2) is 10.00. The lowest BCUT2D eigenvalue weighted by Gasteiger charge is -2.38. The van der Waals surface area contributed by atoms with Crippen LogP contribution in [0.2, 0.25) is 5.02 Å². The molecule has 1 aliphatic heterocycles. The van der Waals surface area contributed by atoms with Gasteiger partial charge in [-0.1, -0.05) is 23.7 Å². The predicted molar refractivity (Wildman–Crippen MR) is 110 cm³/mol. The van der Waals surface area contributed by atoms with Crippen molar-refractivity contribution in [1.82, 2.24) is 10.6 Å². The van der Waals surface area contributed by atoms with Gasteiger partial charge in [-0.25, -0.2) is 8.78 Å². The summed E-state index contributed by atoms with van der Waals surface area (Å²) >= 11 is 5.87. The molecule has 0 atom stereocenters. The number of benzene rings is 2. The SMILES string of the molecule is O=C(CCNC(=O)c1ccc(F)cc1Cl)NCC1(c2ccc(F)cc2)CCOCC1. The number of amides is 2. The Kier molecular flexibility index (Phi) is 7.39. The number of carbonyl (C=O) groups excluding carboxylic acids is 2. The average molecular weight is 437 g/mol. The van der Waals surface area contributed by atoms with Gasteiger partial charge in [0, 0.05) is 38.1 Å². The molecule has 2 amide bonds. The molecule has 1 heterocycles. The second-order valence-corrected chi connectivity index (χ2v) is 7.71. The van der Waals surface area contributed by atoms with Crippen LogP contribution in [0.5, 0.6) is 0 Å². The third-order valence-electron chi connectivity index (χ3n) is 5.34. The van der Waals surface area contributed by atoms with Gasteiger partial charge in [0.15, 0.2) is 0 Å². The zero-order valence-electron chi connectivity index (χ0n) is 16.3. The van der Waals surface area contributed by atoms with E-state index in [2.05, 4.69) is 10.6 Å². The van der Waals surface area contributed by atoms with Crippen molar-refractivity contribution in [2.45, 2.75) is 24.7 Å². The number of halogens is 3. The van der Waals surface area contributed by atoms with Crippen molar-refractivity contribution < 1.29 is 23.1 Å². The Balaban J connectivity index is 1.52. The molecule has 2 aromatic carbocycles. The molecule has 1 saturated heterocycles. The number of carbonyl (C=O) groups is 2. The summed E-state index contributed by atoms with van der Waals surface area (Å²) in [5.74, 6) is -1.52. The number of nitrogens with one attached hydrogen (secondary N) is 2. The van der Waals surface area contributed by atoms with E-state index < -0.39 is 11.7 Å². The second-order valence-electron chi connectivity index (χ2n) is 7.31. The van der Waals surface area contributed by atoms with Crippen LogP contribution in [-0.2, 0) is 14.9 Å². The van der Waals surface area contributed by atoms with Gasteiger partial charge in [0.1, 0.15) is 11.6 Å². The summed E-state index contributed by atoms with van der Waals surface area (Å²) in [5.41, 5.74) is 0.801. The van der Waals surface area contributed by atoms with Crippen LogP contribution < -0.4 is 10.6 Å². The van der Waals surface area contributed by atoms with E-state index >= 15 is 0 Å². The van der Waals surface area contributed by atoms with Gasteiger partial charge in [-0.2, -0.15) is 0 Å². The fourth-order valence-electron chi connectivity index (χ4n) is 3.55. The Hall–Kier alpha value is -2.51. The van der Waals surface area contributed by atoms with Crippen molar-refractivity contribution in [3.8, 4) is 0 Å². The zero-order valence-corrected chi connectivity index (χ0v) is 17.1. The van der Waals surface area contributed by atoms with Gasteiger partial charge in [0.25, 0.3) is 5.91 Å². The predicted octanol–water partition coefficient (Wildman–Crippen LogP) is 3.60. The minimum absolute atomic E-state index is 0.0118. The highest BCUT2D eigenvalue weighted by atomic mass is 35.5. The zero-order chi connectivity index (χ0) is 21.6. The maximum Gasteiger partial charge on any atom is 0.252 e. The van der Waals surface area contributed by atoms with Crippen LogP contribution in [-0.4, -0.2) is 38.1 Å². The summed E-state index contributed by atoms with van der Waals surface area (Å²) in [7, 11) is 0. The van der Waals surface area contributed by atoms with E-state index in [9.17, 15) is 18.4 Å². The molecular formula is C22H23ClF2N2O3. The average Bonchev–Trinajstić information content (AvgIpc) is 2.73. The van der Waals surface area contributed by atoms with Crippen LogP contribution in [0.1, 0.15) is 35.2 Å². The van der Waals surface area contributed by atoms with Gasteiger partial charge in [0.2, 0.25) is 5.91 Å². The molecular weight excluding hydrogens is 414 g/mol. The molecule has 30 heavy (non-hydrogen) atoms. The molecule has 0 spiro atoms. The smallest absolute Gasteiger partial charge is 0.252 e. The minimum atomic E-state index is -0.529. The van der Waals surface area contributed by atoms with Gasteiger partial charge < -0.3 is 15.4 Å². The summed E-state index contributed by atoms with van der Waals surface area (Å²) in [6.45, 7) is 1.66. The molecule has 0 saturated carbocycles. The highest BCUT2D eigenvalue weighted by molar-refractivity contribution is 6.33. The van der Waals surface area contributed by atoms with Crippen molar-refractivity contribution in [2.24, 2.45) is 0 Å². The summed E-state index contributed by atoms with van der Waals surface area (Å²) in [6.07, 6.45) is 1.53. The minimum Gasteiger partial charge on any atom is -0.381 e. The molecule has 1 aliphatic rings. The Morgan fingerprint density at radius 1 is 1.00 bits per heavy atom. The molecule has 8 heteroatoms. The van der Waals surface area contributed by atoms with Gasteiger partial charge in [0.05, 0.1) is 10.6 Å². The van der Waals surface area contributed by atoms with E-state index in [0.29, 0.717) is 19.8 Å². The first-order valence-corrected chi connectivity index (χ1v) is 10.1. The lowest BCUT2D eigenvalue weighted by molar-refractivity contribution is -0.121. The van der Waals surface area contributed by atoms with Crippen LogP contribution in [0.15, 0.2) is 42.5 Å². The molecule has 2 N–H and O–H groups in total. The summed E-state index contributed by atoms with van der Waals surface area (Å²) < 4.78 is 31.9. The first kappa shape index (κ1) is 22.2. The van der Waals surface area contributed by atoms with Crippen molar-refractivity contribution in [1.29, 1.82) is 0 Å². The third-order valence-corrected chi connectivity index (χ3v) is 5.66. The molecule has 5 nitrogen and oxygen atoms in total. The molecule has 2 aromatic rings. The molecule has 0 aliphatic carbocycles. The number of ether oxygens (including phenoxy) is 1. The van der Waals surface area contributed by atoms with E-state index in [1.54, 1.807) is 12.1 Å². The first-order valence-electron chi connectivity index (χ1n) is 9.73. The fourth-order valence-corrected chi connectivity index (χ4v) is 3.80. The van der Waals surface area contributed by atoms with E-state index in [1.807, 2.05) is 0 Å². The molecule has 160 valence electrons. The summed E-state index contributed by atoms with van der Waals surface area (Å²) in [5, 5.41) is 5.54. The molecule has 0 radical (unpaired) electrons. The van der Waals surface area contributed by atoms with Crippen molar-refractivity contribution in [3.63, 3.8) is 0 Å². The standard InChI is InChI=1S/C22H23ClF2N2O3/c23-19-13-17(25)5-6-18(19)21(29)26-10-7-20(28)27-14-22(8-11-30-12-9-22)15-1-3-16(24)4-2-15/h1-6,13H,7-12,14H2,(H,26,29)(H,27,28). The fraction of sp³-hybridized carbons (Fsp3) is 0.364. The van der Waals surface area contributed by atoms with Gasteiger partial charge >= 0.3 is 0 Å². The summed E-state index contributed by atoms with van der Waals surface area (Å²) in [6, 6.07) is 9.85. The molecule has 0 aromatic heterocycles. The molecule has 3 rings (SSSR count). The maximum absolute atomic E-state index is 13.3. The lowest BCUT2D eigenvalue weighted by Crippen LogP contribution is -2.45. The largest absolute Gasteiger partial charge is 0.381 e. The number of hydrogen-bond donors (Lipinski definition) is 2. The Morgan fingerprint density at radius 3 is 2.33 bits per heavy atom. The first-order chi connectivity index (χ1) is 14.4. The molecule has 0 bridgehead atoms. The Labute approximate surface area is 178 Å². The lowest BCUT2D eigenvalue weighted by atomic mass is 9.74. The highest BCUT2D eigenvalue weighted by Crippen LogP contribution is 2.34. The van der Waals surface area contributed by atoms with E-state index in [-0.39, 0.29) is 40.7 Å². The molecule has 0 unspecified atom stereocenters. The van der Waals surface area contributed by atoms with Crippen LogP contribution in [0.3, 0.4) is 0 Å². The van der Waals surface area contributed by atoms with E-state index in [0.717, 1.165) is 30.5 Å². The van der Waals surface area contributed by atoms with Crippen LogP contribution in [0, 0.1) is 11.6 Å². The normalized spacial score (nSPS) is 15.4. The Bertz CT molecular complexity index is 900. The molecule has 1 fully saturated rings. The van der Waals surface area contributed by atoms with E-state index in [4.69, 9.17) is 16.3 Å². The van der Waals surface area contributed by atoms with Crippen LogP contribution >= 0.6 is 11.6 Å². The number of hydrogen-bond acceptors (Lipinski definition) is 3. The summed E-state index contributed by atoms with van der Waals surface area (Å²) in [4.78, 5) is 24.4. The highest BCUT2D eigenvalue weighted by Gasteiger charge is 2.34. The Morgan fingerprint density at radius 2 is 1.67 bits per heavy atom. The van der Waals surface area contributed by atoms with Gasteiger partial charge in [-0.05, 0) is 48.7 Å². The van der Waals surface area contributed by atoms with Crippen molar-refractivity contribution in [2.75, 3.05) is 26.3 Å². The maximum atomic E-state index is 13.3.